The molecule has 1 saturated carbocycles. The molecule has 9 heteroatoms. The Morgan fingerprint density at radius 2 is 1.94 bits per heavy atom. The Kier molecular flexibility index (Phi) is 6.12. The van der Waals surface area contributed by atoms with Crippen LogP contribution in [-0.4, -0.2) is 72.3 Å². The Balaban J connectivity index is 1.32. The zero-order valence-electron chi connectivity index (χ0n) is 18.9. The van der Waals surface area contributed by atoms with Crippen LogP contribution in [0.1, 0.15) is 19.3 Å². The van der Waals surface area contributed by atoms with E-state index in [0.717, 1.165) is 55.9 Å². The fraction of sp³-hybridized carbons (Fsp3) is 0.458. The number of nitrogens with one attached hydrogen (secondary N) is 1. The first kappa shape index (κ1) is 22.0. The lowest BCUT2D eigenvalue weighted by atomic mass is 10.1. The number of fused-ring (bicyclic) bond motifs is 1. The fourth-order valence-corrected chi connectivity index (χ4v) is 4.86. The first-order chi connectivity index (χ1) is 16.0. The molecule has 2 aromatic heterocycles. The number of nitrogens with zero attached hydrogens (tertiary/aromatic N) is 4. The van der Waals surface area contributed by atoms with Crippen molar-refractivity contribution in [3.05, 3.63) is 35.4 Å². The maximum absolute atomic E-state index is 12.2. The van der Waals surface area contributed by atoms with Crippen molar-refractivity contribution in [2.24, 2.45) is 5.92 Å². The second-order valence-electron chi connectivity index (χ2n) is 8.86. The minimum Gasteiger partial charge on any atom is -0.461 e. The van der Waals surface area contributed by atoms with Crippen molar-refractivity contribution in [2.75, 3.05) is 45.3 Å². The van der Waals surface area contributed by atoms with Crippen molar-refractivity contribution in [1.29, 1.82) is 0 Å². The zero-order valence-corrected chi connectivity index (χ0v) is 19.6. The molecule has 8 nitrogen and oxygen atoms in total. The summed E-state index contributed by atoms with van der Waals surface area (Å²) in [4.78, 5) is 28.6. The van der Waals surface area contributed by atoms with Crippen molar-refractivity contribution in [3.63, 3.8) is 0 Å². The highest BCUT2D eigenvalue weighted by Gasteiger charge is 2.32. The standard InChI is InChI=1S/C24H28ClN5O3/c1-29(2)23(31)16-5-8-18(13-16)33-24-26-20-14-19(25)21(27-22(20)28-24)15-3-6-17(7-4-15)30-9-11-32-12-10-30/h3-4,6-7,14,16,18H,5,8-13H2,1-2H3,(H,26,27,28). The van der Waals surface area contributed by atoms with Gasteiger partial charge in [0.25, 0.3) is 6.01 Å². The van der Waals surface area contributed by atoms with Crippen LogP contribution in [0.15, 0.2) is 30.3 Å². The van der Waals surface area contributed by atoms with E-state index in [2.05, 4.69) is 27.0 Å². The van der Waals surface area contributed by atoms with Gasteiger partial charge in [0.15, 0.2) is 5.65 Å². The van der Waals surface area contributed by atoms with E-state index < -0.39 is 0 Å². The van der Waals surface area contributed by atoms with Gasteiger partial charge in [-0.25, -0.2) is 4.98 Å². The number of carbonyl (C=O) groups excluding carboxylic acids is 1. The Labute approximate surface area is 197 Å². The number of imidazole rings is 1. The molecule has 2 unspecified atom stereocenters. The molecule has 0 spiro atoms. The number of amides is 1. The van der Waals surface area contributed by atoms with Gasteiger partial charge in [0.2, 0.25) is 5.91 Å². The molecule has 2 aliphatic rings. The molecule has 2 fully saturated rings. The number of aromatic nitrogens is 3. The van der Waals surface area contributed by atoms with Gasteiger partial charge in [0, 0.05) is 44.4 Å². The van der Waals surface area contributed by atoms with Crippen LogP contribution in [0.3, 0.4) is 0 Å². The highest BCUT2D eigenvalue weighted by molar-refractivity contribution is 6.33. The van der Waals surface area contributed by atoms with Crippen LogP contribution in [0.2, 0.25) is 5.02 Å². The van der Waals surface area contributed by atoms with E-state index in [1.807, 2.05) is 18.2 Å². The molecule has 1 aliphatic carbocycles. The number of pyridine rings is 1. The number of benzene rings is 1. The summed E-state index contributed by atoms with van der Waals surface area (Å²) in [7, 11) is 3.58. The lowest BCUT2D eigenvalue weighted by Crippen LogP contribution is -2.36. The van der Waals surface area contributed by atoms with Crippen LogP contribution >= 0.6 is 11.6 Å². The number of morpholine rings is 1. The number of hydrogen-bond donors (Lipinski definition) is 1. The third kappa shape index (κ3) is 4.63. The van der Waals surface area contributed by atoms with Crippen LogP contribution in [0, 0.1) is 5.92 Å². The van der Waals surface area contributed by atoms with E-state index in [4.69, 9.17) is 26.1 Å². The van der Waals surface area contributed by atoms with Crippen molar-refractivity contribution < 1.29 is 14.3 Å². The third-order valence-electron chi connectivity index (χ3n) is 6.37. The quantitative estimate of drug-likeness (QED) is 0.612. The van der Waals surface area contributed by atoms with E-state index >= 15 is 0 Å². The van der Waals surface area contributed by atoms with E-state index in [1.165, 1.54) is 0 Å². The molecule has 1 aromatic carbocycles. The molecular weight excluding hydrogens is 442 g/mol. The van der Waals surface area contributed by atoms with Crippen LogP contribution < -0.4 is 9.64 Å². The maximum Gasteiger partial charge on any atom is 0.296 e. The summed E-state index contributed by atoms with van der Waals surface area (Å²) in [6.07, 6.45) is 2.32. The molecule has 5 rings (SSSR count). The second-order valence-corrected chi connectivity index (χ2v) is 9.27. The Hall–Kier alpha value is -2.84. The average molecular weight is 470 g/mol. The molecule has 3 aromatic rings. The molecule has 1 saturated heterocycles. The molecule has 33 heavy (non-hydrogen) atoms. The lowest BCUT2D eigenvalue weighted by Gasteiger charge is -2.28. The van der Waals surface area contributed by atoms with Gasteiger partial charge < -0.3 is 24.3 Å². The molecule has 1 amide bonds. The Morgan fingerprint density at radius 1 is 1.18 bits per heavy atom. The van der Waals surface area contributed by atoms with Crippen LogP contribution in [-0.2, 0) is 9.53 Å². The number of halogens is 1. The van der Waals surface area contributed by atoms with Crippen LogP contribution in [0.4, 0.5) is 5.69 Å². The summed E-state index contributed by atoms with van der Waals surface area (Å²) in [5.41, 5.74) is 4.07. The first-order valence-corrected chi connectivity index (χ1v) is 11.7. The summed E-state index contributed by atoms with van der Waals surface area (Å²) >= 11 is 6.57. The number of carbonyl (C=O) groups is 1. The lowest BCUT2D eigenvalue weighted by molar-refractivity contribution is -0.132. The minimum atomic E-state index is -0.0397. The summed E-state index contributed by atoms with van der Waals surface area (Å²) < 4.78 is 11.5. The van der Waals surface area contributed by atoms with Crippen molar-refractivity contribution >= 4 is 34.4 Å². The van der Waals surface area contributed by atoms with Crippen molar-refractivity contribution in [1.82, 2.24) is 19.9 Å². The van der Waals surface area contributed by atoms with E-state index in [9.17, 15) is 4.79 Å². The van der Waals surface area contributed by atoms with E-state index in [-0.39, 0.29) is 17.9 Å². The third-order valence-corrected chi connectivity index (χ3v) is 6.66. The van der Waals surface area contributed by atoms with Crippen LogP contribution in [0.5, 0.6) is 6.01 Å². The number of rotatable bonds is 5. The zero-order chi connectivity index (χ0) is 22.9. The number of aromatic amines is 1. The predicted octanol–water partition coefficient (Wildman–Crippen LogP) is 3.75. The molecule has 1 aliphatic heterocycles. The molecule has 174 valence electrons. The van der Waals surface area contributed by atoms with Gasteiger partial charge in [-0.15, -0.1) is 0 Å². The molecule has 3 heterocycles. The molecule has 1 N–H and O–H groups in total. The van der Waals surface area contributed by atoms with Crippen molar-refractivity contribution in [3.8, 4) is 17.3 Å². The number of anilines is 1. The SMILES string of the molecule is CN(C)C(=O)C1CCC(Oc2nc3nc(-c4ccc(N5CCOCC5)cc4)c(Cl)cc3[nH]2)C1. The number of hydrogen-bond acceptors (Lipinski definition) is 6. The minimum absolute atomic E-state index is 0.00832. The molecule has 0 radical (unpaired) electrons. The molecular formula is C24H28ClN5O3. The summed E-state index contributed by atoms with van der Waals surface area (Å²) in [5, 5.41) is 0.550. The smallest absolute Gasteiger partial charge is 0.296 e. The van der Waals surface area contributed by atoms with Gasteiger partial charge in [-0.2, -0.15) is 4.98 Å². The molecule has 2 atom stereocenters. The van der Waals surface area contributed by atoms with Gasteiger partial charge in [-0.1, -0.05) is 23.7 Å². The normalized spacial score (nSPS) is 20.9. The maximum atomic E-state index is 12.2. The van der Waals surface area contributed by atoms with Crippen LogP contribution in [0.25, 0.3) is 22.4 Å². The highest BCUT2D eigenvalue weighted by Crippen LogP contribution is 2.33. The molecule has 0 bridgehead atoms. The van der Waals surface area contributed by atoms with E-state index in [1.54, 1.807) is 19.0 Å². The second kappa shape index (κ2) is 9.19. The van der Waals surface area contributed by atoms with Gasteiger partial charge in [0.05, 0.1) is 29.4 Å². The highest BCUT2D eigenvalue weighted by atomic mass is 35.5. The monoisotopic (exact) mass is 469 g/mol. The average Bonchev–Trinajstić information content (AvgIpc) is 3.45. The predicted molar refractivity (Wildman–Crippen MR) is 128 cm³/mol. The fourth-order valence-electron chi connectivity index (χ4n) is 4.60. The van der Waals surface area contributed by atoms with Gasteiger partial charge in [-0.3, -0.25) is 4.79 Å². The topological polar surface area (TPSA) is 83.6 Å². The summed E-state index contributed by atoms with van der Waals surface area (Å²) in [6, 6.07) is 10.5. The van der Waals surface area contributed by atoms with Crippen molar-refractivity contribution in [2.45, 2.75) is 25.4 Å². The van der Waals surface area contributed by atoms with Gasteiger partial charge in [-0.05, 0) is 37.5 Å². The van der Waals surface area contributed by atoms with Gasteiger partial charge >= 0.3 is 0 Å². The number of H-pyrrole nitrogens is 1. The summed E-state index contributed by atoms with van der Waals surface area (Å²) in [5.74, 6) is 0.164. The summed E-state index contributed by atoms with van der Waals surface area (Å²) in [6.45, 7) is 3.29. The van der Waals surface area contributed by atoms with Gasteiger partial charge in [0.1, 0.15) is 6.10 Å². The Morgan fingerprint density at radius 3 is 2.67 bits per heavy atom. The first-order valence-electron chi connectivity index (χ1n) is 11.3. The largest absolute Gasteiger partial charge is 0.461 e. The Bertz CT molecular complexity index is 1140. The van der Waals surface area contributed by atoms with E-state index in [0.29, 0.717) is 28.8 Å². The number of ether oxygens (including phenoxy) is 2.